The van der Waals surface area contributed by atoms with Crippen LogP contribution in [-0.4, -0.2) is 22.0 Å². The zero-order chi connectivity index (χ0) is 19.8. The van der Waals surface area contributed by atoms with Gasteiger partial charge >= 0.3 is 5.91 Å². The van der Waals surface area contributed by atoms with Crippen LogP contribution in [0.4, 0.5) is 10.2 Å². The molecule has 0 spiro atoms. The number of ketones is 1. The van der Waals surface area contributed by atoms with E-state index < -0.39 is 23.5 Å². The number of carbonyl (C=O) groups is 2. The number of benzene rings is 2. The molecule has 0 radical (unpaired) electrons. The Balaban J connectivity index is 1.98. The van der Waals surface area contributed by atoms with Crippen LogP contribution in [0.1, 0.15) is 22.9 Å². The monoisotopic (exact) mass is 378 g/mol. The second-order valence-corrected chi connectivity index (χ2v) is 6.35. The number of aryl methyl sites for hydroxylation is 1. The van der Waals surface area contributed by atoms with E-state index in [-0.39, 0.29) is 22.7 Å². The number of halogens is 1. The van der Waals surface area contributed by atoms with E-state index in [0.717, 1.165) is 4.90 Å². The lowest BCUT2D eigenvalue weighted by Crippen LogP contribution is -2.30. The van der Waals surface area contributed by atoms with Crippen LogP contribution in [-0.2, 0) is 9.59 Å². The molecule has 0 bridgehead atoms. The summed E-state index contributed by atoms with van der Waals surface area (Å²) in [4.78, 5) is 26.6. The number of aliphatic hydroxyl groups excluding tert-OH is 1. The summed E-state index contributed by atoms with van der Waals surface area (Å²) in [5, 5.41) is 14.6. The van der Waals surface area contributed by atoms with Gasteiger partial charge in [-0.3, -0.25) is 14.5 Å². The molecule has 28 heavy (non-hydrogen) atoms. The van der Waals surface area contributed by atoms with Gasteiger partial charge < -0.3 is 9.63 Å². The molecule has 0 aliphatic carbocycles. The Morgan fingerprint density at radius 3 is 2.43 bits per heavy atom. The molecule has 1 amide bonds. The highest BCUT2D eigenvalue weighted by Crippen LogP contribution is 2.42. The molecular formula is C21H15FN2O4. The van der Waals surface area contributed by atoms with Crippen molar-refractivity contribution in [2.45, 2.75) is 13.0 Å². The zero-order valence-corrected chi connectivity index (χ0v) is 14.8. The maximum Gasteiger partial charge on any atom is 0.301 e. The summed E-state index contributed by atoms with van der Waals surface area (Å²) in [5.41, 5.74) is 0.208. The Kier molecular flexibility index (Phi) is 4.27. The predicted octanol–water partition coefficient (Wildman–Crippen LogP) is 3.75. The SMILES string of the molecule is Cc1cc(N2C(=O)C(=O)/C(=C(/O)c3ccccc3)[C@H]2c2ccccc2F)no1. The van der Waals surface area contributed by atoms with E-state index in [4.69, 9.17) is 4.52 Å². The molecule has 0 unspecified atom stereocenters. The van der Waals surface area contributed by atoms with Gasteiger partial charge in [-0.25, -0.2) is 4.39 Å². The molecule has 1 atom stereocenters. The molecule has 1 N–H and O–H groups in total. The Morgan fingerprint density at radius 1 is 1.11 bits per heavy atom. The standard InChI is InChI=1S/C21H15FN2O4/c1-12-11-16(23-28-12)24-18(14-9-5-6-10-15(14)22)17(20(26)21(24)27)19(25)13-7-3-2-4-8-13/h2-11,18,25H,1H3/b19-17+/t18-/m1/s1. The number of Topliss-reactive ketones (excluding diaryl/α,β-unsaturated/α-hetero) is 1. The van der Waals surface area contributed by atoms with Crippen molar-refractivity contribution in [3.05, 3.63) is 88.9 Å². The Bertz CT molecular complexity index is 1100. The fourth-order valence-electron chi connectivity index (χ4n) is 3.28. The lowest BCUT2D eigenvalue weighted by Gasteiger charge is -2.23. The smallest absolute Gasteiger partial charge is 0.301 e. The van der Waals surface area contributed by atoms with Crippen molar-refractivity contribution in [2.75, 3.05) is 4.90 Å². The van der Waals surface area contributed by atoms with Gasteiger partial charge in [-0.2, -0.15) is 0 Å². The van der Waals surface area contributed by atoms with Crippen molar-refractivity contribution in [1.82, 2.24) is 5.16 Å². The van der Waals surface area contributed by atoms with Crippen LogP contribution < -0.4 is 4.90 Å². The summed E-state index contributed by atoms with van der Waals surface area (Å²) >= 11 is 0. The van der Waals surface area contributed by atoms with Gasteiger partial charge in [0.15, 0.2) is 5.82 Å². The number of aromatic nitrogens is 1. The third-order valence-electron chi connectivity index (χ3n) is 4.55. The Morgan fingerprint density at radius 2 is 1.79 bits per heavy atom. The average Bonchev–Trinajstić information content (AvgIpc) is 3.23. The molecular weight excluding hydrogens is 363 g/mol. The zero-order valence-electron chi connectivity index (χ0n) is 14.8. The fourth-order valence-corrected chi connectivity index (χ4v) is 3.28. The van der Waals surface area contributed by atoms with Crippen molar-refractivity contribution in [1.29, 1.82) is 0 Å². The van der Waals surface area contributed by atoms with E-state index in [1.807, 2.05) is 0 Å². The van der Waals surface area contributed by atoms with Crippen molar-refractivity contribution >= 4 is 23.3 Å². The first-order valence-electron chi connectivity index (χ1n) is 8.53. The van der Waals surface area contributed by atoms with Crippen LogP contribution in [0.15, 0.2) is 70.8 Å². The largest absolute Gasteiger partial charge is 0.507 e. The number of hydrogen-bond donors (Lipinski definition) is 1. The molecule has 1 saturated heterocycles. The van der Waals surface area contributed by atoms with Crippen LogP contribution in [0.2, 0.25) is 0 Å². The quantitative estimate of drug-likeness (QED) is 0.426. The number of amides is 1. The van der Waals surface area contributed by atoms with Gasteiger partial charge in [0.2, 0.25) is 0 Å². The average molecular weight is 378 g/mol. The normalized spacial score (nSPS) is 18.6. The second kappa shape index (κ2) is 6.77. The van der Waals surface area contributed by atoms with Crippen molar-refractivity contribution in [3.63, 3.8) is 0 Å². The van der Waals surface area contributed by atoms with E-state index in [1.165, 1.54) is 24.3 Å². The van der Waals surface area contributed by atoms with E-state index >= 15 is 0 Å². The number of carbonyl (C=O) groups excluding carboxylic acids is 2. The molecule has 140 valence electrons. The minimum absolute atomic E-state index is 0.0693. The first-order valence-corrected chi connectivity index (χ1v) is 8.53. The van der Waals surface area contributed by atoms with Gasteiger partial charge in [0, 0.05) is 17.2 Å². The van der Waals surface area contributed by atoms with Crippen molar-refractivity contribution in [3.8, 4) is 0 Å². The third-order valence-corrected chi connectivity index (χ3v) is 4.55. The summed E-state index contributed by atoms with van der Waals surface area (Å²) in [7, 11) is 0. The van der Waals surface area contributed by atoms with Crippen LogP contribution >= 0.6 is 0 Å². The molecule has 2 aromatic carbocycles. The van der Waals surface area contributed by atoms with E-state index in [1.54, 1.807) is 43.3 Å². The first-order chi connectivity index (χ1) is 13.5. The third kappa shape index (κ3) is 2.77. The van der Waals surface area contributed by atoms with Gasteiger partial charge in [0.05, 0.1) is 11.6 Å². The maximum atomic E-state index is 14.6. The molecule has 3 aromatic rings. The topological polar surface area (TPSA) is 83.6 Å². The fraction of sp³-hybridized carbons (Fsp3) is 0.0952. The van der Waals surface area contributed by atoms with Crippen LogP contribution in [0.5, 0.6) is 0 Å². The lowest BCUT2D eigenvalue weighted by molar-refractivity contribution is -0.132. The van der Waals surface area contributed by atoms with Crippen LogP contribution in [0.3, 0.4) is 0 Å². The number of nitrogens with zero attached hydrogens (tertiary/aromatic N) is 2. The molecule has 0 saturated carbocycles. The summed E-state index contributed by atoms with van der Waals surface area (Å²) in [6.45, 7) is 1.63. The molecule has 1 aliphatic heterocycles. The predicted molar refractivity (Wildman–Crippen MR) is 98.9 cm³/mol. The first kappa shape index (κ1) is 17.7. The van der Waals surface area contributed by atoms with E-state index in [9.17, 15) is 19.1 Å². The summed E-state index contributed by atoms with van der Waals surface area (Å²) < 4.78 is 19.7. The minimum Gasteiger partial charge on any atom is -0.507 e. The highest BCUT2D eigenvalue weighted by molar-refractivity contribution is 6.51. The molecule has 6 nitrogen and oxygen atoms in total. The highest BCUT2D eigenvalue weighted by atomic mass is 19.1. The van der Waals surface area contributed by atoms with Gasteiger partial charge in [-0.15, -0.1) is 0 Å². The maximum absolute atomic E-state index is 14.6. The minimum atomic E-state index is -1.18. The number of anilines is 1. The number of aliphatic hydroxyl groups is 1. The molecule has 7 heteroatoms. The Labute approximate surface area is 159 Å². The molecule has 4 rings (SSSR count). The lowest BCUT2D eigenvalue weighted by atomic mass is 9.95. The van der Waals surface area contributed by atoms with Gasteiger partial charge in [0.25, 0.3) is 5.78 Å². The van der Waals surface area contributed by atoms with Gasteiger partial charge in [-0.05, 0) is 13.0 Å². The van der Waals surface area contributed by atoms with Crippen LogP contribution in [0.25, 0.3) is 5.76 Å². The van der Waals surface area contributed by atoms with E-state index in [2.05, 4.69) is 5.16 Å². The van der Waals surface area contributed by atoms with Crippen molar-refractivity contribution < 1.29 is 23.6 Å². The molecule has 1 aliphatic rings. The summed E-state index contributed by atoms with van der Waals surface area (Å²) in [6.07, 6.45) is 0. The Hall–Kier alpha value is -3.74. The summed E-state index contributed by atoms with van der Waals surface area (Å²) in [5.74, 6) is -2.34. The molecule has 1 aromatic heterocycles. The van der Waals surface area contributed by atoms with Crippen LogP contribution in [0, 0.1) is 12.7 Å². The number of rotatable bonds is 3. The molecule has 1 fully saturated rings. The number of hydrogen-bond acceptors (Lipinski definition) is 5. The van der Waals surface area contributed by atoms with Gasteiger partial charge in [0.1, 0.15) is 17.3 Å². The van der Waals surface area contributed by atoms with Gasteiger partial charge in [-0.1, -0.05) is 53.7 Å². The second-order valence-electron chi connectivity index (χ2n) is 6.35. The van der Waals surface area contributed by atoms with E-state index in [0.29, 0.717) is 11.3 Å². The summed E-state index contributed by atoms with van der Waals surface area (Å²) in [6, 6.07) is 14.4. The molecule has 2 heterocycles. The highest BCUT2D eigenvalue weighted by Gasteiger charge is 2.48. The van der Waals surface area contributed by atoms with Crippen molar-refractivity contribution in [2.24, 2.45) is 0 Å².